The highest BCUT2D eigenvalue weighted by molar-refractivity contribution is 8.16. The predicted molar refractivity (Wildman–Crippen MR) is 52.2 cm³/mol. The zero-order valence-electron chi connectivity index (χ0n) is 7.74. The molecule has 2 aliphatic heterocycles. The summed E-state index contributed by atoms with van der Waals surface area (Å²) in [5.41, 5.74) is -0.00789. The molecule has 0 aromatic heterocycles. The first-order valence-corrected chi connectivity index (χ1v) is 5.23. The smallest absolute Gasteiger partial charge is 0.203 e. The molecular formula is C9H13NO2S. The molecule has 72 valence electrons. The molecule has 1 saturated heterocycles. The Labute approximate surface area is 81.9 Å². The zero-order valence-corrected chi connectivity index (χ0v) is 8.56. The maximum absolute atomic E-state index is 11.4. The summed E-state index contributed by atoms with van der Waals surface area (Å²) < 4.78 is 5.53. The summed E-state index contributed by atoms with van der Waals surface area (Å²) in [5, 5.41) is 5.31. The Kier molecular flexibility index (Phi) is 2.21. The molecule has 0 radical (unpaired) electrons. The molecule has 13 heavy (non-hydrogen) atoms. The predicted octanol–water partition coefficient (Wildman–Crippen LogP) is 1.11. The summed E-state index contributed by atoms with van der Waals surface area (Å²) in [4.78, 5) is 11.4. The molecule has 2 rings (SSSR count). The lowest BCUT2D eigenvalue weighted by atomic mass is 10.1. The van der Waals surface area contributed by atoms with E-state index < -0.39 is 0 Å². The van der Waals surface area contributed by atoms with Crippen molar-refractivity contribution in [1.29, 1.82) is 0 Å². The highest BCUT2D eigenvalue weighted by atomic mass is 32.2. The lowest BCUT2D eigenvalue weighted by Crippen LogP contribution is -2.42. The lowest BCUT2D eigenvalue weighted by Gasteiger charge is -2.19. The fourth-order valence-corrected chi connectivity index (χ4v) is 2.27. The molecule has 2 atom stereocenters. The van der Waals surface area contributed by atoms with Crippen LogP contribution in [0.2, 0.25) is 0 Å². The Morgan fingerprint density at radius 1 is 1.69 bits per heavy atom. The average Bonchev–Trinajstić information content (AvgIpc) is 2.56. The highest BCUT2D eigenvalue weighted by Gasteiger charge is 2.39. The monoisotopic (exact) mass is 199 g/mol. The van der Waals surface area contributed by atoms with E-state index in [9.17, 15) is 4.79 Å². The van der Waals surface area contributed by atoms with Gasteiger partial charge in [0.2, 0.25) is 5.12 Å². The molecule has 4 heteroatoms. The van der Waals surface area contributed by atoms with Gasteiger partial charge >= 0.3 is 0 Å². The van der Waals surface area contributed by atoms with Crippen LogP contribution in [0.3, 0.4) is 0 Å². The van der Waals surface area contributed by atoms with Gasteiger partial charge in [0.25, 0.3) is 0 Å². The van der Waals surface area contributed by atoms with E-state index in [0.717, 1.165) is 0 Å². The third-order valence-electron chi connectivity index (χ3n) is 2.23. The van der Waals surface area contributed by atoms with Crippen LogP contribution in [-0.4, -0.2) is 23.5 Å². The highest BCUT2D eigenvalue weighted by Crippen LogP contribution is 2.29. The van der Waals surface area contributed by atoms with Gasteiger partial charge < -0.3 is 4.74 Å². The quantitative estimate of drug-likeness (QED) is 0.686. The third kappa shape index (κ3) is 1.80. The number of carbonyl (C=O) groups is 1. The number of thioether (sulfide) groups is 1. The van der Waals surface area contributed by atoms with Crippen LogP contribution in [0.4, 0.5) is 0 Å². The van der Waals surface area contributed by atoms with E-state index in [-0.39, 0.29) is 22.8 Å². The Morgan fingerprint density at radius 3 is 2.92 bits per heavy atom. The Hall–Kier alpha value is -0.320. The van der Waals surface area contributed by atoms with E-state index in [1.807, 2.05) is 11.5 Å². The van der Waals surface area contributed by atoms with Gasteiger partial charge in [0.15, 0.2) is 0 Å². The van der Waals surface area contributed by atoms with Crippen molar-refractivity contribution in [3.05, 3.63) is 11.5 Å². The second-order valence-corrected chi connectivity index (χ2v) is 4.96. The number of ether oxygens (including phenoxy) is 1. The van der Waals surface area contributed by atoms with E-state index >= 15 is 0 Å². The van der Waals surface area contributed by atoms with Crippen LogP contribution in [0.15, 0.2) is 11.5 Å². The van der Waals surface area contributed by atoms with Crippen molar-refractivity contribution in [2.45, 2.75) is 25.6 Å². The van der Waals surface area contributed by atoms with Crippen LogP contribution in [0.1, 0.15) is 13.8 Å². The van der Waals surface area contributed by atoms with Crippen molar-refractivity contribution >= 4 is 16.9 Å². The van der Waals surface area contributed by atoms with Gasteiger partial charge in [0.1, 0.15) is 6.23 Å². The van der Waals surface area contributed by atoms with Gasteiger partial charge in [-0.2, -0.15) is 0 Å². The van der Waals surface area contributed by atoms with E-state index in [4.69, 9.17) is 4.74 Å². The normalized spacial score (nSPS) is 37.2. The van der Waals surface area contributed by atoms with Crippen LogP contribution >= 0.6 is 11.8 Å². The molecule has 3 nitrogen and oxygen atoms in total. The van der Waals surface area contributed by atoms with Gasteiger partial charge in [-0.1, -0.05) is 17.8 Å². The van der Waals surface area contributed by atoms with E-state index in [1.54, 1.807) is 0 Å². The molecular weight excluding hydrogens is 186 g/mol. The summed E-state index contributed by atoms with van der Waals surface area (Å²) >= 11 is 1.25. The SMILES string of the molecule is CC1(C)COC(C2C=CSC2=O)N1. The van der Waals surface area contributed by atoms with Gasteiger partial charge in [-0.05, 0) is 19.3 Å². The minimum absolute atomic E-state index is 0.00789. The first kappa shape index (κ1) is 9.24. The minimum Gasteiger partial charge on any atom is -0.360 e. The van der Waals surface area contributed by atoms with Crippen LogP contribution in [0.5, 0.6) is 0 Å². The van der Waals surface area contributed by atoms with Gasteiger partial charge in [0.05, 0.1) is 12.5 Å². The second-order valence-electron chi connectivity index (χ2n) is 4.05. The van der Waals surface area contributed by atoms with Gasteiger partial charge in [-0.15, -0.1) is 0 Å². The molecule has 1 N–H and O–H groups in total. The van der Waals surface area contributed by atoms with E-state index in [0.29, 0.717) is 6.61 Å². The summed E-state index contributed by atoms with van der Waals surface area (Å²) in [6.07, 6.45) is 1.78. The Bertz CT molecular complexity index is 262. The number of hydrogen-bond acceptors (Lipinski definition) is 4. The molecule has 2 heterocycles. The molecule has 0 amide bonds. The Morgan fingerprint density at radius 2 is 2.46 bits per heavy atom. The largest absolute Gasteiger partial charge is 0.360 e. The molecule has 0 saturated carbocycles. The van der Waals surface area contributed by atoms with E-state index in [1.165, 1.54) is 11.8 Å². The molecule has 0 aromatic rings. The molecule has 0 aliphatic carbocycles. The minimum atomic E-state index is -0.131. The van der Waals surface area contributed by atoms with Gasteiger partial charge in [-0.3, -0.25) is 10.1 Å². The lowest BCUT2D eigenvalue weighted by molar-refractivity contribution is -0.116. The molecule has 1 fully saturated rings. The summed E-state index contributed by atoms with van der Waals surface area (Å²) in [7, 11) is 0. The zero-order chi connectivity index (χ0) is 9.47. The molecule has 0 spiro atoms. The van der Waals surface area contributed by atoms with E-state index in [2.05, 4.69) is 19.2 Å². The standard InChI is InChI=1S/C9H13NO2S/c1-9(2)5-12-7(10-9)6-3-4-13-8(6)11/h3-4,6-7,10H,5H2,1-2H3. The van der Waals surface area contributed by atoms with Crippen molar-refractivity contribution in [3.8, 4) is 0 Å². The van der Waals surface area contributed by atoms with Crippen LogP contribution in [0.25, 0.3) is 0 Å². The maximum Gasteiger partial charge on any atom is 0.203 e. The number of carbonyl (C=O) groups excluding carboxylic acids is 1. The fraction of sp³-hybridized carbons (Fsp3) is 0.667. The first-order valence-electron chi connectivity index (χ1n) is 4.35. The molecule has 0 bridgehead atoms. The molecule has 2 unspecified atom stereocenters. The third-order valence-corrected chi connectivity index (χ3v) is 3.02. The second kappa shape index (κ2) is 3.12. The van der Waals surface area contributed by atoms with Crippen molar-refractivity contribution in [1.82, 2.24) is 5.32 Å². The number of hydrogen-bond donors (Lipinski definition) is 1. The molecule has 2 aliphatic rings. The first-order chi connectivity index (χ1) is 6.08. The summed E-state index contributed by atoms with van der Waals surface area (Å²) in [6, 6.07) is 0. The van der Waals surface area contributed by atoms with Crippen molar-refractivity contribution in [3.63, 3.8) is 0 Å². The van der Waals surface area contributed by atoms with Crippen LogP contribution in [-0.2, 0) is 9.53 Å². The maximum atomic E-state index is 11.4. The average molecular weight is 199 g/mol. The number of rotatable bonds is 1. The summed E-state index contributed by atoms with van der Waals surface area (Å²) in [5.74, 6) is -0.105. The Balaban J connectivity index is 2.03. The number of nitrogens with one attached hydrogen (secondary N) is 1. The van der Waals surface area contributed by atoms with Crippen LogP contribution < -0.4 is 5.32 Å². The fourth-order valence-electron chi connectivity index (χ4n) is 1.53. The molecule has 0 aromatic carbocycles. The van der Waals surface area contributed by atoms with Crippen molar-refractivity contribution in [2.75, 3.05) is 6.61 Å². The van der Waals surface area contributed by atoms with Gasteiger partial charge in [-0.25, -0.2) is 0 Å². The van der Waals surface area contributed by atoms with Gasteiger partial charge in [0, 0.05) is 5.54 Å². The van der Waals surface area contributed by atoms with Crippen LogP contribution in [0, 0.1) is 5.92 Å². The topological polar surface area (TPSA) is 38.3 Å². The summed E-state index contributed by atoms with van der Waals surface area (Å²) in [6.45, 7) is 4.81. The van der Waals surface area contributed by atoms with Crippen molar-refractivity contribution < 1.29 is 9.53 Å². The van der Waals surface area contributed by atoms with Crippen molar-refractivity contribution in [2.24, 2.45) is 5.92 Å².